The molecular weight excluding hydrogens is 315 g/mol. The van der Waals surface area contributed by atoms with Crippen LogP contribution in [0.15, 0.2) is 48.5 Å². The van der Waals surface area contributed by atoms with Crippen molar-refractivity contribution >= 4 is 17.5 Å². The number of carbonyl (C=O) groups excluding carboxylic acids is 1. The average Bonchev–Trinajstić information content (AvgIpc) is 2.47. The quantitative estimate of drug-likeness (QED) is 0.858. The van der Waals surface area contributed by atoms with Crippen LogP contribution in [0.3, 0.4) is 0 Å². The molecule has 1 atom stereocenters. The Morgan fingerprint density at radius 1 is 1.09 bits per heavy atom. The number of rotatable bonds is 3. The maximum absolute atomic E-state index is 12.9. The van der Waals surface area contributed by atoms with E-state index in [2.05, 4.69) is 5.32 Å². The minimum absolute atomic E-state index is 0.393. The first kappa shape index (κ1) is 16.4. The van der Waals surface area contributed by atoms with Crippen molar-refractivity contribution in [1.29, 1.82) is 0 Å². The van der Waals surface area contributed by atoms with E-state index in [1.165, 1.54) is 12.1 Å². The van der Waals surface area contributed by atoms with Crippen LogP contribution in [0.4, 0.5) is 13.2 Å². The lowest BCUT2D eigenvalue weighted by Gasteiger charge is -2.17. The summed E-state index contributed by atoms with van der Waals surface area (Å²) in [6.45, 7) is 1.69. The molecule has 2 aromatic rings. The molecule has 0 radical (unpaired) electrons. The zero-order valence-corrected chi connectivity index (χ0v) is 12.4. The third-order valence-electron chi connectivity index (χ3n) is 3.19. The minimum atomic E-state index is -4.57. The van der Waals surface area contributed by atoms with E-state index < -0.39 is 29.3 Å². The maximum Gasteiger partial charge on any atom is 0.417 e. The van der Waals surface area contributed by atoms with Gasteiger partial charge in [-0.05, 0) is 36.8 Å². The van der Waals surface area contributed by atoms with E-state index in [0.29, 0.717) is 5.02 Å². The summed E-state index contributed by atoms with van der Waals surface area (Å²) in [5.74, 6) is -0.768. The van der Waals surface area contributed by atoms with Gasteiger partial charge in [0.15, 0.2) is 0 Å². The molecule has 1 amide bonds. The molecule has 2 aromatic carbocycles. The van der Waals surface area contributed by atoms with Crippen LogP contribution in [0.1, 0.15) is 34.5 Å². The van der Waals surface area contributed by atoms with Crippen molar-refractivity contribution in [3.05, 3.63) is 70.2 Å². The van der Waals surface area contributed by atoms with E-state index in [1.807, 2.05) is 0 Å². The summed E-state index contributed by atoms with van der Waals surface area (Å²) in [6, 6.07) is 11.0. The number of carbonyl (C=O) groups is 1. The molecule has 2 nitrogen and oxygen atoms in total. The molecule has 116 valence electrons. The zero-order valence-electron chi connectivity index (χ0n) is 11.6. The van der Waals surface area contributed by atoms with E-state index in [1.54, 1.807) is 31.2 Å². The lowest BCUT2D eigenvalue weighted by molar-refractivity contribution is -0.137. The Bertz CT molecular complexity index is 668. The molecule has 0 saturated carbocycles. The van der Waals surface area contributed by atoms with Gasteiger partial charge in [0.1, 0.15) is 0 Å². The van der Waals surface area contributed by atoms with Gasteiger partial charge in [-0.25, -0.2) is 0 Å². The molecule has 0 fully saturated rings. The number of hydrogen-bond acceptors (Lipinski definition) is 1. The Kier molecular flexibility index (Phi) is 4.76. The van der Waals surface area contributed by atoms with Gasteiger partial charge in [0, 0.05) is 5.02 Å². The van der Waals surface area contributed by atoms with Gasteiger partial charge in [-0.3, -0.25) is 4.79 Å². The largest absolute Gasteiger partial charge is 0.417 e. The summed E-state index contributed by atoms with van der Waals surface area (Å²) in [4.78, 5) is 12.1. The predicted octanol–water partition coefficient (Wildman–Crippen LogP) is 4.85. The Morgan fingerprint density at radius 2 is 1.68 bits per heavy atom. The van der Waals surface area contributed by atoms with E-state index in [4.69, 9.17) is 11.6 Å². The first-order valence-electron chi connectivity index (χ1n) is 6.51. The first-order chi connectivity index (χ1) is 10.3. The Balaban J connectivity index is 2.21. The second-order valence-electron chi connectivity index (χ2n) is 4.79. The minimum Gasteiger partial charge on any atom is -0.346 e. The van der Waals surface area contributed by atoms with Crippen LogP contribution < -0.4 is 5.32 Å². The molecule has 0 spiro atoms. The third-order valence-corrected chi connectivity index (χ3v) is 3.45. The topological polar surface area (TPSA) is 29.1 Å². The van der Waals surface area contributed by atoms with Gasteiger partial charge in [-0.15, -0.1) is 0 Å². The number of amides is 1. The molecular formula is C16H13ClF3NO. The second kappa shape index (κ2) is 6.40. The van der Waals surface area contributed by atoms with Crippen LogP contribution in [0, 0.1) is 0 Å². The van der Waals surface area contributed by atoms with Crippen molar-refractivity contribution in [2.75, 3.05) is 0 Å². The summed E-state index contributed by atoms with van der Waals surface area (Å²) < 4.78 is 38.8. The van der Waals surface area contributed by atoms with E-state index in [-0.39, 0.29) is 0 Å². The van der Waals surface area contributed by atoms with Gasteiger partial charge in [-0.1, -0.05) is 35.9 Å². The molecule has 0 aliphatic rings. The Morgan fingerprint density at radius 3 is 2.27 bits per heavy atom. The average molecular weight is 328 g/mol. The summed E-state index contributed by atoms with van der Waals surface area (Å²) in [6.07, 6.45) is -4.57. The van der Waals surface area contributed by atoms with Gasteiger partial charge in [-0.2, -0.15) is 13.2 Å². The fraction of sp³-hybridized carbons (Fsp3) is 0.188. The molecule has 0 saturated heterocycles. The van der Waals surface area contributed by atoms with E-state index in [0.717, 1.165) is 17.7 Å². The Hall–Kier alpha value is -2.01. The number of nitrogens with one attached hydrogen (secondary N) is 1. The van der Waals surface area contributed by atoms with Crippen LogP contribution in [-0.4, -0.2) is 5.91 Å². The highest BCUT2D eigenvalue weighted by atomic mass is 35.5. The lowest BCUT2D eigenvalue weighted by Crippen LogP contribution is -2.28. The standard InChI is InChI=1S/C16H13ClF3NO/c1-10(11-6-8-12(17)9-7-11)21-15(22)13-4-2-3-5-14(13)16(18,19)20/h2-10H,1H3,(H,21,22). The first-order valence-corrected chi connectivity index (χ1v) is 6.89. The van der Waals surface area contributed by atoms with Crippen LogP contribution in [0.5, 0.6) is 0 Å². The number of benzene rings is 2. The van der Waals surface area contributed by atoms with Crippen LogP contribution in [-0.2, 0) is 6.18 Å². The highest BCUT2D eigenvalue weighted by Gasteiger charge is 2.35. The molecule has 0 aliphatic carbocycles. The molecule has 1 unspecified atom stereocenters. The molecule has 0 aliphatic heterocycles. The van der Waals surface area contributed by atoms with Crippen LogP contribution >= 0.6 is 11.6 Å². The summed E-state index contributed by atoms with van der Waals surface area (Å²) >= 11 is 5.78. The monoisotopic (exact) mass is 327 g/mol. The van der Waals surface area contributed by atoms with Crippen molar-refractivity contribution in [2.45, 2.75) is 19.1 Å². The molecule has 6 heteroatoms. The zero-order chi connectivity index (χ0) is 16.3. The normalized spacial score (nSPS) is 12.8. The van der Waals surface area contributed by atoms with Crippen LogP contribution in [0.25, 0.3) is 0 Å². The highest BCUT2D eigenvalue weighted by molar-refractivity contribution is 6.30. The molecule has 0 bridgehead atoms. The molecule has 22 heavy (non-hydrogen) atoms. The Labute approximate surface area is 130 Å². The molecule has 0 aromatic heterocycles. The van der Waals surface area contributed by atoms with Gasteiger partial charge in [0.25, 0.3) is 5.91 Å². The SMILES string of the molecule is CC(NC(=O)c1ccccc1C(F)(F)F)c1ccc(Cl)cc1. The number of alkyl halides is 3. The van der Waals surface area contributed by atoms with Crippen molar-refractivity contribution in [3.63, 3.8) is 0 Å². The molecule has 2 rings (SSSR count). The summed E-state index contributed by atoms with van der Waals surface area (Å²) in [5, 5.41) is 3.11. The van der Waals surface area contributed by atoms with Gasteiger partial charge < -0.3 is 5.32 Å². The lowest BCUT2D eigenvalue weighted by atomic mass is 10.0. The number of hydrogen-bond donors (Lipinski definition) is 1. The fourth-order valence-electron chi connectivity index (χ4n) is 2.04. The van der Waals surface area contributed by atoms with E-state index >= 15 is 0 Å². The molecule has 1 N–H and O–H groups in total. The second-order valence-corrected chi connectivity index (χ2v) is 5.23. The van der Waals surface area contributed by atoms with E-state index in [9.17, 15) is 18.0 Å². The smallest absolute Gasteiger partial charge is 0.346 e. The van der Waals surface area contributed by atoms with Gasteiger partial charge in [0.2, 0.25) is 0 Å². The summed E-state index contributed by atoms with van der Waals surface area (Å²) in [5.41, 5.74) is -0.589. The van der Waals surface area contributed by atoms with Crippen molar-refractivity contribution in [3.8, 4) is 0 Å². The third kappa shape index (κ3) is 3.80. The van der Waals surface area contributed by atoms with Crippen LogP contribution in [0.2, 0.25) is 5.02 Å². The summed E-state index contributed by atoms with van der Waals surface area (Å²) in [7, 11) is 0. The maximum atomic E-state index is 12.9. The van der Waals surface area contributed by atoms with Crippen molar-refractivity contribution < 1.29 is 18.0 Å². The van der Waals surface area contributed by atoms with Gasteiger partial charge >= 0.3 is 6.18 Å². The predicted molar refractivity (Wildman–Crippen MR) is 78.8 cm³/mol. The highest BCUT2D eigenvalue weighted by Crippen LogP contribution is 2.32. The molecule has 0 heterocycles. The van der Waals surface area contributed by atoms with Crippen molar-refractivity contribution in [2.24, 2.45) is 0 Å². The number of halogens is 4. The van der Waals surface area contributed by atoms with Crippen molar-refractivity contribution in [1.82, 2.24) is 5.32 Å². The van der Waals surface area contributed by atoms with Gasteiger partial charge in [0.05, 0.1) is 17.2 Å². The fourth-order valence-corrected chi connectivity index (χ4v) is 2.16.